The maximum absolute atomic E-state index is 11.5. The van der Waals surface area contributed by atoms with Crippen LogP contribution < -0.4 is 5.32 Å². The largest absolute Gasteiger partial charge is 0.469 e. The van der Waals surface area contributed by atoms with Crippen molar-refractivity contribution in [2.45, 2.75) is 58.6 Å². The summed E-state index contributed by atoms with van der Waals surface area (Å²) >= 11 is 0. The lowest BCUT2D eigenvalue weighted by Crippen LogP contribution is -2.46. The van der Waals surface area contributed by atoms with E-state index < -0.39 is 17.2 Å². The average Bonchev–Trinajstić information content (AvgIpc) is 2.10. The molecule has 5 nitrogen and oxygen atoms in total. The van der Waals surface area contributed by atoms with Crippen molar-refractivity contribution in [3.05, 3.63) is 0 Å². The Morgan fingerprint density at radius 3 is 2.06 bits per heavy atom. The molecule has 100 valence electrons. The minimum Gasteiger partial charge on any atom is -0.469 e. The van der Waals surface area contributed by atoms with Gasteiger partial charge in [-0.2, -0.15) is 0 Å². The second-order valence-corrected chi connectivity index (χ2v) is 5.59. The van der Waals surface area contributed by atoms with E-state index in [-0.39, 0.29) is 12.4 Å². The van der Waals surface area contributed by atoms with Crippen LogP contribution in [0, 0.1) is 0 Å². The molecule has 0 heterocycles. The average molecular weight is 245 g/mol. The zero-order valence-electron chi connectivity index (χ0n) is 11.5. The van der Waals surface area contributed by atoms with Crippen LogP contribution >= 0.6 is 0 Å². The van der Waals surface area contributed by atoms with E-state index in [1.165, 1.54) is 7.11 Å². The molecule has 0 unspecified atom stereocenters. The number of hydrogen-bond donors (Lipinski definition) is 1. The molecule has 0 fully saturated rings. The first-order chi connectivity index (χ1) is 7.56. The third-order valence-electron chi connectivity index (χ3n) is 2.02. The van der Waals surface area contributed by atoms with Gasteiger partial charge in [0.1, 0.15) is 5.60 Å². The number of alkyl carbamates (subject to hydrolysis) is 1. The molecule has 0 spiro atoms. The Labute approximate surface area is 103 Å². The summed E-state index contributed by atoms with van der Waals surface area (Å²) in [6.07, 6.45) is 0.283. The number of rotatable bonds is 4. The van der Waals surface area contributed by atoms with Gasteiger partial charge in [-0.3, -0.25) is 4.79 Å². The molecule has 1 N–H and O–H groups in total. The van der Waals surface area contributed by atoms with Gasteiger partial charge in [-0.05, 0) is 41.0 Å². The van der Waals surface area contributed by atoms with E-state index >= 15 is 0 Å². The number of nitrogens with one attached hydrogen (secondary N) is 1. The van der Waals surface area contributed by atoms with Gasteiger partial charge in [0.25, 0.3) is 0 Å². The smallest absolute Gasteiger partial charge is 0.408 e. The zero-order chi connectivity index (χ0) is 13.7. The maximum Gasteiger partial charge on any atom is 0.408 e. The molecule has 0 saturated heterocycles. The molecule has 0 atom stereocenters. The molecule has 0 rings (SSSR count). The Balaban J connectivity index is 4.16. The highest BCUT2D eigenvalue weighted by Gasteiger charge is 2.25. The van der Waals surface area contributed by atoms with Crippen molar-refractivity contribution in [2.24, 2.45) is 0 Å². The van der Waals surface area contributed by atoms with Crippen LogP contribution in [-0.4, -0.2) is 30.3 Å². The monoisotopic (exact) mass is 245 g/mol. The van der Waals surface area contributed by atoms with Gasteiger partial charge in [-0.15, -0.1) is 0 Å². The number of ether oxygens (including phenoxy) is 2. The van der Waals surface area contributed by atoms with Crippen LogP contribution in [0.4, 0.5) is 4.79 Å². The lowest BCUT2D eigenvalue weighted by atomic mass is 9.99. The Morgan fingerprint density at radius 1 is 1.12 bits per heavy atom. The third kappa shape index (κ3) is 8.54. The number of hydrogen-bond acceptors (Lipinski definition) is 4. The summed E-state index contributed by atoms with van der Waals surface area (Å²) in [6.45, 7) is 9.07. The minimum absolute atomic E-state index is 0.263. The summed E-state index contributed by atoms with van der Waals surface area (Å²) in [5.74, 6) is -0.288. The Hall–Kier alpha value is -1.26. The summed E-state index contributed by atoms with van der Waals surface area (Å²) in [4.78, 5) is 22.5. The van der Waals surface area contributed by atoms with Gasteiger partial charge in [0, 0.05) is 12.0 Å². The molecule has 0 aliphatic heterocycles. The first-order valence-electron chi connectivity index (χ1n) is 5.64. The third-order valence-corrected chi connectivity index (χ3v) is 2.02. The summed E-state index contributed by atoms with van der Waals surface area (Å²) < 4.78 is 9.69. The normalized spacial score (nSPS) is 11.9. The summed E-state index contributed by atoms with van der Waals surface area (Å²) in [5.41, 5.74) is -1.03. The first-order valence-corrected chi connectivity index (χ1v) is 5.64. The van der Waals surface area contributed by atoms with E-state index in [1.807, 2.05) is 13.8 Å². The fourth-order valence-electron chi connectivity index (χ4n) is 1.16. The van der Waals surface area contributed by atoms with E-state index in [9.17, 15) is 9.59 Å². The van der Waals surface area contributed by atoms with Crippen molar-refractivity contribution in [2.75, 3.05) is 7.11 Å². The van der Waals surface area contributed by atoms with Gasteiger partial charge in [-0.25, -0.2) is 4.79 Å². The van der Waals surface area contributed by atoms with Crippen LogP contribution in [0.2, 0.25) is 0 Å². The molecule has 0 aliphatic carbocycles. The quantitative estimate of drug-likeness (QED) is 0.771. The maximum atomic E-state index is 11.5. The number of amides is 1. The van der Waals surface area contributed by atoms with Crippen molar-refractivity contribution in [3.63, 3.8) is 0 Å². The van der Waals surface area contributed by atoms with E-state index in [0.717, 1.165) is 0 Å². The highest BCUT2D eigenvalue weighted by molar-refractivity contribution is 5.70. The summed E-state index contributed by atoms with van der Waals surface area (Å²) in [7, 11) is 1.34. The molecule has 0 saturated carbocycles. The number of carbonyl (C=O) groups excluding carboxylic acids is 2. The van der Waals surface area contributed by atoms with Crippen molar-refractivity contribution in [1.29, 1.82) is 0 Å². The van der Waals surface area contributed by atoms with E-state index in [2.05, 4.69) is 10.1 Å². The molecule has 0 aromatic rings. The summed E-state index contributed by atoms with van der Waals surface area (Å²) in [6, 6.07) is 0. The molecule has 0 radical (unpaired) electrons. The Kier molecular flexibility index (Phi) is 5.45. The number of carbonyl (C=O) groups is 2. The fraction of sp³-hybridized carbons (Fsp3) is 0.833. The van der Waals surface area contributed by atoms with Gasteiger partial charge in [0.05, 0.1) is 7.11 Å². The van der Waals surface area contributed by atoms with E-state index in [1.54, 1.807) is 20.8 Å². The molecule has 1 amide bonds. The lowest BCUT2D eigenvalue weighted by Gasteiger charge is -2.28. The van der Waals surface area contributed by atoms with Crippen LogP contribution in [0.15, 0.2) is 0 Å². The van der Waals surface area contributed by atoms with Crippen molar-refractivity contribution < 1.29 is 19.1 Å². The van der Waals surface area contributed by atoms with Crippen LogP contribution in [-0.2, 0) is 14.3 Å². The molecular formula is C12H23NO4. The number of esters is 1. The Morgan fingerprint density at radius 2 is 1.65 bits per heavy atom. The molecule has 17 heavy (non-hydrogen) atoms. The minimum atomic E-state index is -0.525. The molecule has 0 aromatic heterocycles. The van der Waals surface area contributed by atoms with Crippen molar-refractivity contribution in [1.82, 2.24) is 5.32 Å². The fourth-order valence-corrected chi connectivity index (χ4v) is 1.16. The van der Waals surface area contributed by atoms with Crippen LogP contribution in [0.25, 0.3) is 0 Å². The van der Waals surface area contributed by atoms with Crippen LogP contribution in [0.1, 0.15) is 47.5 Å². The molecular weight excluding hydrogens is 222 g/mol. The standard InChI is InChI=1S/C12H23NO4/c1-11(2,3)17-10(15)13-12(4,5)8-7-9(14)16-6/h7-8H2,1-6H3,(H,13,15). The highest BCUT2D eigenvalue weighted by Crippen LogP contribution is 2.14. The number of methoxy groups -OCH3 is 1. The predicted molar refractivity (Wildman–Crippen MR) is 64.7 cm³/mol. The zero-order valence-corrected chi connectivity index (χ0v) is 11.5. The first kappa shape index (κ1) is 15.7. The molecule has 0 aliphatic rings. The topological polar surface area (TPSA) is 64.6 Å². The van der Waals surface area contributed by atoms with E-state index in [0.29, 0.717) is 6.42 Å². The lowest BCUT2D eigenvalue weighted by molar-refractivity contribution is -0.141. The van der Waals surface area contributed by atoms with Crippen molar-refractivity contribution in [3.8, 4) is 0 Å². The Bertz CT molecular complexity index is 279. The molecule has 5 heteroatoms. The molecule has 0 bridgehead atoms. The van der Waals surface area contributed by atoms with Crippen LogP contribution in [0.5, 0.6) is 0 Å². The SMILES string of the molecule is COC(=O)CCC(C)(C)NC(=O)OC(C)(C)C. The summed E-state index contributed by atoms with van der Waals surface area (Å²) in [5, 5.41) is 2.72. The second-order valence-electron chi connectivity index (χ2n) is 5.59. The van der Waals surface area contributed by atoms with Crippen molar-refractivity contribution >= 4 is 12.1 Å². The van der Waals surface area contributed by atoms with Crippen LogP contribution in [0.3, 0.4) is 0 Å². The van der Waals surface area contributed by atoms with Gasteiger partial charge in [0.2, 0.25) is 0 Å². The second kappa shape index (κ2) is 5.89. The predicted octanol–water partition coefficient (Wildman–Crippen LogP) is 2.24. The molecule has 0 aromatic carbocycles. The van der Waals surface area contributed by atoms with Gasteiger partial charge < -0.3 is 14.8 Å². The van der Waals surface area contributed by atoms with Gasteiger partial charge >= 0.3 is 12.1 Å². The van der Waals surface area contributed by atoms with E-state index in [4.69, 9.17) is 4.74 Å². The highest BCUT2D eigenvalue weighted by atomic mass is 16.6. The van der Waals surface area contributed by atoms with Gasteiger partial charge in [0.15, 0.2) is 0 Å². The van der Waals surface area contributed by atoms with Gasteiger partial charge in [-0.1, -0.05) is 0 Å².